The van der Waals surface area contributed by atoms with E-state index >= 15 is 0 Å². The first-order chi connectivity index (χ1) is 12.9. The first kappa shape index (κ1) is 17.3. The van der Waals surface area contributed by atoms with Crippen LogP contribution < -0.4 is 11.1 Å². The maximum absolute atomic E-state index is 12.6. The fourth-order valence-corrected chi connectivity index (χ4v) is 4.66. The van der Waals surface area contributed by atoms with Crippen molar-refractivity contribution >= 4 is 38.6 Å². The van der Waals surface area contributed by atoms with E-state index in [9.17, 15) is 19.7 Å². The number of hydrogen-bond donors (Lipinski definition) is 1. The number of aryl methyl sites for hydroxylation is 1. The molecule has 0 bridgehead atoms. The van der Waals surface area contributed by atoms with E-state index in [0.29, 0.717) is 10.2 Å². The minimum absolute atomic E-state index is 0.0585. The molecule has 0 saturated carbocycles. The number of nitrogens with one attached hydrogen (secondary N) is 1. The molecule has 8 nitrogen and oxygen atoms in total. The number of hydrogen-bond acceptors (Lipinski definition) is 7. The van der Waals surface area contributed by atoms with Crippen LogP contribution in [0.4, 0.5) is 5.69 Å². The second-order valence-corrected chi connectivity index (χ2v) is 8.01. The minimum atomic E-state index is -0.579. The third kappa shape index (κ3) is 3.20. The van der Waals surface area contributed by atoms with Gasteiger partial charge in [-0.15, -0.1) is 22.7 Å². The van der Waals surface area contributed by atoms with Gasteiger partial charge in [0.1, 0.15) is 10.7 Å². The average Bonchev–Trinajstić information content (AvgIpc) is 3.23. The summed E-state index contributed by atoms with van der Waals surface area (Å²) in [6.07, 6.45) is 1.14. The molecule has 0 saturated heterocycles. The Hall–Kier alpha value is -3.11. The zero-order valence-corrected chi connectivity index (χ0v) is 15.6. The van der Waals surface area contributed by atoms with Crippen molar-refractivity contribution in [2.24, 2.45) is 0 Å². The van der Waals surface area contributed by atoms with Crippen molar-refractivity contribution in [2.75, 3.05) is 0 Å². The lowest BCUT2D eigenvalue weighted by Crippen LogP contribution is -2.22. The van der Waals surface area contributed by atoms with Crippen LogP contribution in [0.1, 0.15) is 10.7 Å². The second kappa shape index (κ2) is 6.56. The van der Waals surface area contributed by atoms with E-state index in [1.807, 2.05) is 24.4 Å². The Bertz CT molecular complexity index is 1300. The van der Waals surface area contributed by atoms with Gasteiger partial charge in [0, 0.05) is 32.8 Å². The molecule has 0 aliphatic rings. The molecule has 0 unspecified atom stereocenters. The van der Waals surface area contributed by atoms with Crippen LogP contribution >= 0.6 is 22.7 Å². The number of H-pyrrole nitrogens is 1. The summed E-state index contributed by atoms with van der Waals surface area (Å²) in [4.78, 5) is 44.8. The molecule has 4 heterocycles. The predicted molar refractivity (Wildman–Crippen MR) is 105 cm³/mol. The van der Waals surface area contributed by atoms with Crippen molar-refractivity contribution in [1.82, 2.24) is 14.5 Å². The van der Waals surface area contributed by atoms with Crippen molar-refractivity contribution in [3.63, 3.8) is 0 Å². The summed E-state index contributed by atoms with van der Waals surface area (Å²) in [7, 11) is 0. The Labute approximate surface area is 159 Å². The van der Waals surface area contributed by atoms with Gasteiger partial charge in [0.2, 0.25) is 0 Å². The summed E-state index contributed by atoms with van der Waals surface area (Å²) in [6, 6.07) is 6.23. The maximum atomic E-state index is 12.6. The van der Waals surface area contributed by atoms with Gasteiger partial charge in [-0.2, -0.15) is 0 Å². The van der Waals surface area contributed by atoms with Gasteiger partial charge in [-0.25, -0.2) is 4.98 Å². The van der Waals surface area contributed by atoms with Crippen LogP contribution in [0.2, 0.25) is 0 Å². The molecule has 27 heavy (non-hydrogen) atoms. The van der Waals surface area contributed by atoms with Crippen molar-refractivity contribution in [3.8, 4) is 10.4 Å². The summed E-state index contributed by atoms with van der Waals surface area (Å²) in [5.41, 5.74) is -0.0783. The molecule has 0 aliphatic heterocycles. The molecule has 0 spiro atoms. The Kier molecular flexibility index (Phi) is 4.21. The fourth-order valence-electron chi connectivity index (χ4n) is 2.74. The van der Waals surface area contributed by atoms with Crippen molar-refractivity contribution in [2.45, 2.75) is 13.5 Å². The van der Waals surface area contributed by atoms with Gasteiger partial charge in [-0.3, -0.25) is 19.7 Å². The normalized spacial score (nSPS) is 11.1. The van der Waals surface area contributed by atoms with E-state index in [1.54, 1.807) is 11.3 Å². The first-order valence-electron chi connectivity index (χ1n) is 7.84. The van der Waals surface area contributed by atoms with Crippen LogP contribution in [0.3, 0.4) is 0 Å². The predicted octanol–water partition coefficient (Wildman–Crippen LogP) is 3.14. The van der Waals surface area contributed by atoms with Crippen molar-refractivity contribution in [3.05, 3.63) is 77.4 Å². The lowest BCUT2D eigenvalue weighted by atomic mass is 10.2. The monoisotopic (exact) mass is 400 g/mol. The Balaban J connectivity index is 1.77. The average molecular weight is 400 g/mol. The van der Waals surface area contributed by atoms with E-state index in [0.717, 1.165) is 38.2 Å². The van der Waals surface area contributed by atoms with Crippen LogP contribution in [0, 0.1) is 17.0 Å². The highest BCUT2D eigenvalue weighted by molar-refractivity contribution is 7.19. The number of nitro groups is 1. The molecule has 0 radical (unpaired) electrons. The number of fused-ring (bicyclic) bond motifs is 1. The van der Waals surface area contributed by atoms with Crippen LogP contribution in [-0.4, -0.2) is 19.5 Å². The largest absolute Gasteiger partial charge is 0.308 e. The smallest absolute Gasteiger partial charge is 0.285 e. The minimum Gasteiger partial charge on any atom is -0.308 e. The summed E-state index contributed by atoms with van der Waals surface area (Å²) < 4.78 is 1.15. The fraction of sp³-hybridized carbons (Fsp3) is 0.118. The molecule has 0 amide bonds. The summed E-state index contributed by atoms with van der Waals surface area (Å²) in [5.74, 6) is 0.269. The molecule has 136 valence electrons. The van der Waals surface area contributed by atoms with E-state index in [1.165, 1.54) is 11.3 Å². The number of pyridine rings is 1. The molecule has 1 N–H and O–H groups in total. The van der Waals surface area contributed by atoms with Gasteiger partial charge in [0.25, 0.3) is 16.8 Å². The van der Waals surface area contributed by atoms with Gasteiger partial charge < -0.3 is 9.55 Å². The third-order valence-electron chi connectivity index (χ3n) is 4.00. The SMILES string of the molecule is Cc1ccc(-c2csc3nc(Cn4cc([N+](=O)[O-])ccc4=O)[nH]c(=O)c23)s1. The van der Waals surface area contributed by atoms with Crippen LogP contribution in [0.25, 0.3) is 20.7 Å². The second-order valence-electron chi connectivity index (χ2n) is 5.86. The lowest BCUT2D eigenvalue weighted by molar-refractivity contribution is -0.385. The van der Waals surface area contributed by atoms with Crippen LogP contribution in [0.5, 0.6) is 0 Å². The standard InChI is InChI=1S/C17H12N4O4S2/c1-9-2-4-12(27-9)11-8-26-17-15(11)16(23)18-13(19-17)7-20-6-10(21(24)25)3-5-14(20)22/h2-6,8H,7H2,1H3,(H,18,19,23). The molecular formula is C17H12N4O4S2. The topological polar surface area (TPSA) is 111 Å². The molecule has 0 fully saturated rings. The molecule has 0 atom stereocenters. The van der Waals surface area contributed by atoms with E-state index in [2.05, 4.69) is 9.97 Å². The number of aromatic amines is 1. The zero-order chi connectivity index (χ0) is 19.1. The summed E-state index contributed by atoms with van der Waals surface area (Å²) in [6.45, 7) is 1.94. The molecule has 4 aromatic rings. The Morgan fingerprint density at radius 2 is 2.07 bits per heavy atom. The van der Waals surface area contributed by atoms with Crippen LogP contribution in [0.15, 0.2) is 45.4 Å². The quantitative estimate of drug-likeness (QED) is 0.418. The molecule has 10 heteroatoms. The summed E-state index contributed by atoms with van der Waals surface area (Å²) in [5, 5.41) is 13.3. The molecule has 4 aromatic heterocycles. The number of rotatable bonds is 4. The van der Waals surface area contributed by atoms with E-state index in [4.69, 9.17) is 0 Å². The maximum Gasteiger partial charge on any atom is 0.285 e. The van der Waals surface area contributed by atoms with Gasteiger partial charge in [0.05, 0.1) is 23.1 Å². The number of nitrogens with zero attached hydrogens (tertiary/aromatic N) is 3. The zero-order valence-electron chi connectivity index (χ0n) is 14.0. The third-order valence-corrected chi connectivity index (χ3v) is 5.90. The number of aromatic nitrogens is 3. The van der Waals surface area contributed by atoms with E-state index in [-0.39, 0.29) is 23.6 Å². The Morgan fingerprint density at radius 3 is 2.78 bits per heavy atom. The molecule has 0 aliphatic carbocycles. The van der Waals surface area contributed by atoms with E-state index < -0.39 is 10.5 Å². The number of thiophene rings is 2. The first-order valence-corrected chi connectivity index (χ1v) is 9.54. The van der Waals surface area contributed by atoms with Gasteiger partial charge in [-0.05, 0) is 19.1 Å². The highest BCUT2D eigenvalue weighted by atomic mass is 32.1. The molecule has 4 rings (SSSR count). The van der Waals surface area contributed by atoms with Crippen molar-refractivity contribution < 1.29 is 4.92 Å². The van der Waals surface area contributed by atoms with Gasteiger partial charge >= 0.3 is 0 Å². The van der Waals surface area contributed by atoms with Gasteiger partial charge in [0.15, 0.2) is 0 Å². The van der Waals surface area contributed by atoms with Gasteiger partial charge in [-0.1, -0.05) is 0 Å². The van der Waals surface area contributed by atoms with Crippen molar-refractivity contribution in [1.29, 1.82) is 0 Å². The summed E-state index contributed by atoms with van der Waals surface area (Å²) >= 11 is 2.95. The highest BCUT2D eigenvalue weighted by Gasteiger charge is 2.15. The Morgan fingerprint density at radius 1 is 1.26 bits per heavy atom. The lowest BCUT2D eigenvalue weighted by Gasteiger charge is -2.05. The molecular weight excluding hydrogens is 388 g/mol. The highest BCUT2D eigenvalue weighted by Crippen LogP contribution is 2.34. The van der Waals surface area contributed by atoms with Crippen LogP contribution in [-0.2, 0) is 6.54 Å². The molecule has 0 aromatic carbocycles.